The van der Waals surface area contributed by atoms with Crippen LogP contribution in [0.2, 0.25) is 5.02 Å². The molecule has 1 unspecified atom stereocenters. The van der Waals surface area contributed by atoms with Gasteiger partial charge in [0.15, 0.2) is 6.10 Å². The zero-order chi connectivity index (χ0) is 22.9. The van der Waals surface area contributed by atoms with E-state index in [0.29, 0.717) is 53.9 Å². The Bertz CT molecular complexity index is 1000. The third kappa shape index (κ3) is 5.60. The van der Waals surface area contributed by atoms with Crippen LogP contribution in [0.5, 0.6) is 5.75 Å². The normalized spacial score (nSPS) is 22.4. The highest BCUT2D eigenvalue weighted by Crippen LogP contribution is 2.40. The molecule has 1 aliphatic heterocycles. The van der Waals surface area contributed by atoms with Gasteiger partial charge in [0.05, 0.1) is 6.10 Å². The topological polar surface area (TPSA) is 86.5 Å². The third-order valence-electron chi connectivity index (χ3n) is 5.43. The zero-order valence-electron chi connectivity index (χ0n) is 17.0. The van der Waals surface area contributed by atoms with Crippen LogP contribution >= 0.6 is 11.6 Å². The first-order valence-corrected chi connectivity index (χ1v) is 10.5. The van der Waals surface area contributed by atoms with Crippen molar-refractivity contribution in [2.24, 2.45) is 0 Å². The van der Waals surface area contributed by atoms with Crippen molar-refractivity contribution in [2.75, 3.05) is 0 Å². The maximum Gasteiger partial charge on any atom is 0.522 e. The molecule has 1 N–H and O–H groups in total. The van der Waals surface area contributed by atoms with Crippen LogP contribution < -0.4 is 10.1 Å². The second-order valence-corrected chi connectivity index (χ2v) is 8.31. The number of aromatic nitrogens is 2. The second kappa shape index (κ2) is 9.11. The summed E-state index contributed by atoms with van der Waals surface area (Å²) in [5.74, 6) is 0.740. The second-order valence-electron chi connectivity index (χ2n) is 7.88. The fourth-order valence-electron chi connectivity index (χ4n) is 3.70. The summed E-state index contributed by atoms with van der Waals surface area (Å²) in [6.07, 6.45) is -3.86. The Balaban J connectivity index is 1.20. The molecule has 1 atom stereocenters. The number of alkyl halides is 3. The van der Waals surface area contributed by atoms with E-state index in [1.165, 1.54) is 0 Å². The van der Waals surface area contributed by atoms with Crippen LogP contribution in [0.4, 0.5) is 13.2 Å². The zero-order valence-corrected chi connectivity index (χ0v) is 17.7. The number of allylic oxidation sites excluding steroid dienone is 1. The number of amides is 1. The van der Waals surface area contributed by atoms with Crippen molar-refractivity contribution in [3.05, 3.63) is 52.8 Å². The van der Waals surface area contributed by atoms with Crippen LogP contribution in [-0.2, 0) is 22.4 Å². The average Bonchev–Trinajstić information content (AvgIpc) is 3.16. The number of carbonyl (C=O) groups excluding carboxylic acids is 1. The van der Waals surface area contributed by atoms with E-state index in [0.717, 1.165) is 5.56 Å². The first-order chi connectivity index (χ1) is 15.2. The number of hydrogen-bond donors (Lipinski definition) is 1. The van der Waals surface area contributed by atoms with E-state index >= 15 is 0 Å². The average molecular weight is 472 g/mol. The molecule has 4 rings (SSSR count). The molecule has 1 aromatic heterocycles. The maximum atomic E-state index is 12.5. The van der Waals surface area contributed by atoms with Crippen molar-refractivity contribution >= 4 is 17.5 Å². The molecular formula is C21H21ClF3N3O4. The molecule has 2 aromatic rings. The van der Waals surface area contributed by atoms with Crippen molar-refractivity contribution in [1.29, 1.82) is 0 Å². The molecule has 0 saturated heterocycles. The van der Waals surface area contributed by atoms with Crippen molar-refractivity contribution in [3.8, 4) is 5.75 Å². The highest BCUT2D eigenvalue weighted by atomic mass is 35.5. The third-order valence-corrected chi connectivity index (χ3v) is 5.66. The molecule has 11 heteroatoms. The lowest BCUT2D eigenvalue weighted by Crippen LogP contribution is -2.39. The summed E-state index contributed by atoms with van der Waals surface area (Å²) in [7, 11) is 0. The SMILES string of the molecule is C=C(CCc1nnc([C@H]2C[C@@H](OC(F)(F)F)C2)o1)NC(=O)C1CCc2cc(Cl)ccc2O1. The predicted octanol–water partition coefficient (Wildman–Crippen LogP) is 4.46. The molecule has 7 nitrogen and oxygen atoms in total. The molecule has 1 aliphatic carbocycles. The van der Waals surface area contributed by atoms with E-state index in [9.17, 15) is 18.0 Å². The molecule has 32 heavy (non-hydrogen) atoms. The largest absolute Gasteiger partial charge is 0.522 e. The molecule has 1 aromatic carbocycles. The molecule has 172 valence electrons. The maximum absolute atomic E-state index is 12.5. The number of carbonyl (C=O) groups is 1. The summed E-state index contributed by atoms with van der Waals surface area (Å²) in [6, 6.07) is 5.29. The number of fused-ring (bicyclic) bond motifs is 1. The van der Waals surface area contributed by atoms with Gasteiger partial charge in [-0.15, -0.1) is 23.4 Å². The standard InChI is InChI=1S/C21H21ClF3N3O4/c1-11(26-19(29)17-5-3-12-8-14(22)4-6-16(12)30-17)2-7-18-27-28-20(31-18)13-9-15(10-13)32-21(23,24)25/h4,6,8,13,15,17H,1-3,5,7,9-10H2,(H,26,29)/t13-,15+,17?. The number of halogens is 4. The van der Waals surface area contributed by atoms with Crippen molar-refractivity contribution < 1.29 is 31.9 Å². The van der Waals surface area contributed by atoms with Gasteiger partial charge in [-0.1, -0.05) is 18.2 Å². The van der Waals surface area contributed by atoms with Gasteiger partial charge in [-0.25, -0.2) is 0 Å². The Hall–Kier alpha value is -2.59. The molecular weight excluding hydrogens is 451 g/mol. The van der Waals surface area contributed by atoms with Crippen LogP contribution in [0.3, 0.4) is 0 Å². The van der Waals surface area contributed by atoms with Gasteiger partial charge in [-0.3, -0.25) is 9.53 Å². The molecule has 1 saturated carbocycles. The molecule has 2 heterocycles. The summed E-state index contributed by atoms with van der Waals surface area (Å²) in [6.45, 7) is 3.86. The van der Waals surface area contributed by atoms with E-state index in [1.54, 1.807) is 12.1 Å². The number of ether oxygens (including phenoxy) is 2. The van der Waals surface area contributed by atoms with Gasteiger partial charge in [0.1, 0.15) is 5.75 Å². The Morgan fingerprint density at radius 1 is 1.31 bits per heavy atom. The van der Waals surface area contributed by atoms with Gasteiger partial charge in [-0.2, -0.15) is 0 Å². The minimum Gasteiger partial charge on any atom is -0.480 e. The lowest BCUT2D eigenvalue weighted by atomic mass is 9.82. The highest BCUT2D eigenvalue weighted by Gasteiger charge is 2.42. The summed E-state index contributed by atoms with van der Waals surface area (Å²) in [4.78, 5) is 12.5. The fraction of sp³-hybridized carbons (Fsp3) is 0.476. The number of nitrogens with one attached hydrogen (secondary N) is 1. The van der Waals surface area contributed by atoms with E-state index < -0.39 is 18.6 Å². The van der Waals surface area contributed by atoms with Crippen molar-refractivity contribution in [3.63, 3.8) is 0 Å². The molecule has 0 bridgehead atoms. The summed E-state index contributed by atoms with van der Waals surface area (Å²) < 4.78 is 51.9. The van der Waals surface area contributed by atoms with Gasteiger partial charge in [0, 0.05) is 23.1 Å². The first-order valence-electron chi connectivity index (χ1n) is 10.2. The van der Waals surface area contributed by atoms with Crippen LogP contribution in [0.1, 0.15) is 48.9 Å². The van der Waals surface area contributed by atoms with Gasteiger partial charge in [0.25, 0.3) is 5.91 Å². The Morgan fingerprint density at radius 3 is 2.84 bits per heavy atom. The van der Waals surface area contributed by atoms with Crippen LogP contribution in [-0.4, -0.2) is 34.7 Å². The van der Waals surface area contributed by atoms with E-state index in [1.807, 2.05) is 6.07 Å². The van der Waals surface area contributed by atoms with Crippen LogP contribution in [0.15, 0.2) is 34.9 Å². The fourth-order valence-corrected chi connectivity index (χ4v) is 3.90. The number of aryl methyl sites for hydroxylation is 2. The Labute approximate surface area is 186 Å². The van der Waals surface area contributed by atoms with Gasteiger partial charge < -0.3 is 14.5 Å². The number of hydrogen-bond acceptors (Lipinski definition) is 6. The monoisotopic (exact) mass is 471 g/mol. The predicted molar refractivity (Wildman–Crippen MR) is 107 cm³/mol. The van der Waals surface area contributed by atoms with E-state index in [4.69, 9.17) is 20.8 Å². The molecule has 0 radical (unpaired) electrons. The highest BCUT2D eigenvalue weighted by molar-refractivity contribution is 6.30. The van der Waals surface area contributed by atoms with Crippen molar-refractivity contribution in [2.45, 2.75) is 63.0 Å². The number of benzene rings is 1. The Kier molecular flexibility index (Phi) is 6.43. The van der Waals surface area contributed by atoms with Crippen LogP contribution in [0, 0.1) is 0 Å². The summed E-state index contributed by atoms with van der Waals surface area (Å²) in [5.41, 5.74) is 1.44. The first kappa shape index (κ1) is 22.6. The molecule has 0 spiro atoms. The lowest BCUT2D eigenvalue weighted by Gasteiger charge is -2.32. The minimum absolute atomic E-state index is 0.181. The minimum atomic E-state index is -4.64. The number of rotatable bonds is 7. The van der Waals surface area contributed by atoms with Gasteiger partial charge >= 0.3 is 6.36 Å². The smallest absolute Gasteiger partial charge is 0.480 e. The quantitative estimate of drug-likeness (QED) is 0.641. The van der Waals surface area contributed by atoms with E-state index in [-0.39, 0.29) is 24.7 Å². The number of nitrogens with zero attached hydrogens (tertiary/aromatic N) is 2. The summed E-state index contributed by atoms with van der Waals surface area (Å²) >= 11 is 5.98. The van der Waals surface area contributed by atoms with Crippen LogP contribution in [0.25, 0.3) is 0 Å². The summed E-state index contributed by atoms with van der Waals surface area (Å²) in [5, 5.41) is 11.2. The molecule has 2 aliphatic rings. The van der Waals surface area contributed by atoms with E-state index in [2.05, 4.69) is 26.8 Å². The Morgan fingerprint density at radius 2 is 2.09 bits per heavy atom. The molecule has 1 fully saturated rings. The van der Waals surface area contributed by atoms with Gasteiger partial charge in [-0.05, 0) is 55.9 Å². The van der Waals surface area contributed by atoms with Crippen molar-refractivity contribution in [1.82, 2.24) is 15.5 Å². The lowest BCUT2D eigenvalue weighted by molar-refractivity contribution is -0.352. The molecule has 1 amide bonds. The van der Waals surface area contributed by atoms with Gasteiger partial charge in [0.2, 0.25) is 11.8 Å².